The van der Waals surface area contributed by atoms with Gasteiger partial charge in [-0.2, -0.15) is 13.2 Å². The lowest BCUT2D eigenvalue weighted by Crippen LogP contribution is -2.38. The molecule has 1 aromatic heterocycles. The van der Waals surface area contributed by atoms with Gasteiger partial charge in [0.25, 0.3) is 5.91 Å². The van der Waals surface area contributed by atoms with Crippen molar-refractivity contribution in [2.45, 2.75) is 43.8 Å². The average molecular weight is 483 g/mol. The predicted octanol–water partition coefficient (Wildman–Crippen LogP) is 5.81. The van der Waals surface area contributed by atoms with E-state index < -0.39 is 12.1 Å². The molecule has 1 heterocycles. The number of aliphatic carboxylic acids is 1. The zero-order chi connectivity index (χ0) is 25.0. The van der Waals surface area contributed by atoms with E-state index in [0.717, 1.165) is 58.9 Å². The van der Waals surface area contributed by atoms with Gasteiger partial charge in [-0.05, 0) is 54.3 Å². The summed E-state index contributed by atoms with van der Waals surface area (Å²) in [5.74, 6) is -1.33. The van der Waals surface area contributed by atoms with Gasteiger partial charge in [-0.15, -0.1) is 0 Å². The van der Waals surface area contributed by atoms with Crippen LogP contribution in [0.5, 0.6) is 0 Å². The minimum Gasteiger partial charge on any atom is -0.475 e. The molecule has 2 atom stereocenters. The number of rotatable bonds is 3. The Morgan fingerprint density at radius 2 is 1.66 bits per heavy atom. The Balaban J connectivity index is 0.000000364. The number of carboxylic acids is 1. The smallest absolute Gasteiger partial charge is 0.475 e. The number of carboxylic acid groups (broad SMARTS) is 1. The Morgan fingerprint density at radius 1 is 0.971 bits per heavy atom. The molecule has 0 saturated heterocycles. The zero-order valence-corrected chi connectivity index (χ0v) is 18.7. The fourth-order valence-electron chi connectivity index (χ4n) is 4.33. The molecule has 182 valence electrons. The normalized spacial score (nSPS) is 18.0. The van der Waals surface area contributed by atoms with Crippen molar-refractivity contribution in [1.82, 2.24) is 15.3 Å². The Labute approximate surface area is 199 Å². The van der Waals surface area contributed by atoms with Crippen molar-refractivity contribution in [3.05, 3.63) is 78.1 Å². The first kappa shape index (κ1) is 24.3. The van der Waals surface area contributed by atoms with Gasteiger partial charge in [-0.25, -0.2) is 9.78 Å². The van der Waals surface area contributed by atoms with Gasteiger partial charge >= 0.3 is 12.1 Å². The molecule has 9 heteroatoms. The highest BCUT2D eigenvalue weighted by atomic mass is 19.4. The molecule has 0 aliphatic heterocycles. The number of H-pyrrole nitrogens is 1. The number of imidazole rings is 1. The van der Waals surface area contributed by atoms with E-state index >= 15 is 0 Å². The highest BCUT2D eigenvalue weighted by molar-refractivity contribution is 5.98. The number of alkyl halides is 3. The van der Waals surface area contributed by atoms with Crippen molar-refractivity contribution in [2.75, 3.05) is 0 Å². The molecule has 35 heavy (non-hydrogen) atoms. The van der Waals surface area contributed by atoms with Gasteiger partial charge in [-0.3, -0.25) is 4.79 Å². The fourth-order valence-corrected chi connectivity index (χ4v) is 4.33. The number of aromatic nitrogens is 2. The molecule has 1 aliphatic rings. The first-order valence-corrected chi connectivity index (χ1v) is 11.2. The van der Waals surface area contributed by atoms with Crippen LogP contribution in [0.15, 0.2) is 66.7 Å². The van der Waals surface area contributed by atoms with Gasteiger partial charge in [0.1, 0.15) is 5.82 Å². The van der Waals surface area contributed by atoms with E-state index in [4.69, 9.17) is 14.9 Å². The topological polar surface area (TPSA) is 95.1 Å². The number of para-hydroxylation sites is 2. The van der Waals surface area contributed by atoms with Gasteiger partial charge in [0.2, 0.25) is 0 Å². The second-order valence-electron chi connectivity index (χ2n) is 8.54. The second-order valence-corrected chi connectivity index (χ2v) is 8.54. The van der Waals surface area contributed by atoms with E-state index in [9.17, 15) is 18.0 Å². The quantitative estimate of drug-likeness (QED) is 0.343. The van der Waals surface area contributed by atoms with E-state index in [1.165, 1.54) is 0 Å². The van der Waals surface area contributed by atoms with Crippen LogP contribution in [0.25, 0.3) is 21.8 Å². The van der Waals surface area contributed by atoms with Crippen molar-refractivity contribution >= 4 is 33.7 Å². The summed E-state index contributed by atoms with van der Waals surface area (Å²) in [7, 11) is 0. The lowest BCUT2D eigenvalue weighted by atomic mass is 9.85. The van der Waals surface area contributed by atoms with Crippen LogP contribution in [0.2, 0.25) is 0 Å². The van der Waals surface area contributed by atoms with Gasteiger partial charge in [0.15, 0.2) is 0 Å². The molecule has 1 amide bonds. The van der Waals surface area contributed by atoms with Crippen LogP contribution in [0.3, 0.4) is 0 Å². The number of benzene rings is 3. The molecular formula is C26H24F3N3O3. The Hall–Kier alpha value is -3.88. The predicted molar refractivity (Wildman–Crippen MR) is 126 cm³/mol. The number of amides is 1. The maximum absolute atomic E-state index is 12.8. The van der Waals surface area contributed by atoms with Crippen LogP contribution in [-0.2, 0) is 4.79 Å². The summed E-state index contributed by atoms with van der Waals surface area (Å²) in [4.78, 5) is 29.9. The van der Waals surface area contributed by atoms with Gasteiger partial charge < -0.3 is 15.4 Å². The van der Waals surface area contributed by atoms with Crippen molar-refractivity contribution in [2.24, 2.45) is 0 Å². The summed E-state index contributed by atoms with van der Waals surface area (Å²) in [5.41, 5.74) is 2.82. The van der Waals surface area contributed by atoms with Gasteiger partial charge in [0, 0.05) is 17.5 Å². The molecular weight excluding hydrogens is 459 g/mol. The average Bonchev–Trinajstić information content (AvgIpc) is 3.28. The van der Waals surface area contributed by atoms with Crippen LogP contribution < -0.4 is 5.32 Å². The number of carbonyl (C=O) groups excluding carboxylic acids is 1. The molecule has 0 spiro atoms. The third-order valence-electron chi connectivity index (χ3n) is 6.06. The highest BCUT2D eigenvalue weighted by Crippen LogP contribution is 2.32. The van der Waals surface area contributed by atoms with E-state index in [0.29, 0.717) is 5.92 Å². The molecule has 5 rings (SSSR count). The number of hydrogen-bond donors (Lipinski definition) is 3. The molecule has 1 saturated carbocycles. The molecule has 1 aliphatic carbocycles. The number of carbonyl (C=O) groups is 2. The van der Waals surface area contributed by atoms with Crippen molar-refractivity contribution in [3.63, 3.8) is 0 Å². The molecule has 0 radical (unpaired) electrons. The van der Waals surface area contributed by atoms with Crippen molar-refractivity contribution in [1.29, 1.82) is 0 Å². The van der Waals surface area contributed by atoms with Crippen molar-refractivity contribution in [3.8, 4) is 0 Å². The summed E-state index contributed by atoms with van der Waals surface area (Å²) in [5, 5.41) is 12.6. The zero-order valence-electron chi connectivity index (χ0n) is 18.7. The molecule has 0 bridgehead atoms. The fraction of sp³-hybridized carbons (Fsp3) is 0.269. The number of hydrogen-bond acceptors (Lipinski definition) is 3. The van der Waals surface area contributed by atoms with Crippen LogP contribution in [-0.4, -0.2) is 39.2 Å². The summed E-state index contributed by atoms with van der Waals surface area (Å²) in [6, 6.07) is 22.4. The number of halogens is 3. The van der Waals surface area contributed by atoms with Crippen LogP contribution >= 0.6 is 0 Å². The lowest BCUT2D eigenvalue weighted by Gasteiger charge is -2.28. The summed E-state index contributed by atoms with van der Waals surface area (Å²) in [6.07, 6.45) is -0.915. The first-order chi connectivity index (χ1) is 16.7. The van der Waals surface area contributed by atoms with E-state index in [1.54, 1.807) is 0 Å². The Morgan fingerprint density at radius 3 is 2.37 bits per heavy atom. The Bertz CT molecular complexity index is 1320. The standard InChI is InChI=1S/C24H23N3O.C2HF3O2/c28-24(19-13-12-16-6-1-2-7-17(16)14-19)25-20-9-5-8-18(15-20)23-26-21-10-3-4-11-22(21)27-23;3-2(4,5)1(6)7/h1-4,6-7,10-14,18,20H,5,8-9,15H2,(H,25,28)(H,26,27);(H,6,7)/t18-,20+;/m0./s1. The van der Waals surface area contributed by atoms with Crippen molar-refractivity contribution < 1.29 is 27.9 Å². The van der Waals surface area contributed by atoms with Crippen LogP contribution in [0.1, 0.15) is 47.8 Å². The second kappa shape index (κ2) is 10.2. The highest BCUT2D eigenvalue weighted by Gasteiger charge is 2.38. The minimum atomic E-state index is -5.08. The summed E-state index contributed by atoms with van der Waals surface area (Å²) in [6.45, 7) is 0. The summed E-state index contributed by atoms with van der Waals surface area (Å²) < 4.78 is 31.7. The summed E-state index contributed by atoms with van der Waals surface area (Å²) >= 11 is 0. The number of aromatic amines is 1. The molecule has 1 fully saturated rings. The number of fused-ring (bicyclic) bond motifs is 2. The molecule has 3 aromatic carbocycles. The van der Waals surface area contributed by atoms with E-state index in [1.807, 2.05) is 54.6 Å². The maximum atomic E-state index is 12.8. The number of nitrogens with zero attached hydrogens (tertiary/aromatic N) is 1. The van der Waals surface area contributed by atoms with Crippen LogP contribution in [0, 0.1) is 0 Å². The molecule has 6 nitrogen and oxygen atoms in total. The monoisotopic (exact) mass is 483 g/mol. The molecule has 4 aromatic rings. The molecule has 0 unspecified atom stereocenters. The SMILES string of the molecule is O=C(N[C@@H]1CCC[C@H](c2nc3ccccc3[nH]2)C1)c1ccc2ccccc2c1.O=C(O)C(F)(F)F. The van der Waals surface area contributed by atoms with Crippen LogP contribution in [0.4, 0.5) is 13.2 Å². The molecule has 3 N–H and O–H groups in total. The maximum Gasteiger partial charge on any atom is 0.490 e. The Kier molecular flexibility index (Phi) is 7.04. The first-order valence-electron chi connectivity index (χ1n) is 11.2. The lowest BCUT2D eigenvalue weighted by molar-refractivity contribution is -0.192. The van der Waals surface area contributed by atoms with E-state index in [2.05, 4.69) is 22.4 Å². The van der Waals surface area contributed by atoms with Gasteiger partial charge in [-0.1, -0.05) is 48.9 Å². The minimum absolute atomic E-state index is 0.0148. The van der Waals surface area contributed by atoms with Gasteiger partial charge in [0.05, 0.1) is 11.0 Å². The largest absolute Gasteiger partial charge is 0.490 e. The number of nitrogens with one attached hydrogen (secondary N) is 2. The third kappa shape index (κ3) is 5.98. The third-order valence-corrected chi connectivity index (χ3v) is 6.06. The van der Waals surface area contributed by atoms with E-state index in [-0.39, 0.29) is 11.9 Å².